The van der Waals surface area contributed by atoms with E-state index in [4.69, 9.17) is 9.84 Å². The van der Waals surface area contributed by atoms with Gasteiger partial charge in [0, 0.05) is 24.8 Å². The second-order valence-electron chi connectivity index (χ2n) is 7.55. The third kappa shape index (κ3) is 6.03. The number of carbonyl (C=O) groups is 3. The first-order valence-electron chi connectivity index (χ1n) is 10.7. The highest BCUT2D eigenvalue weighted by Gasteiger charge is 2.28. The van der Waals surface area contributed by atoms with E-state index >= 15 is 0 Å². The molecule has 3 rings (SSSR count). The Morgan fingerprint density at radius 2 is 1.66 bits per heavy atom. The number of ether oxygens (including phenoxy) is 1. The lowest BCUT2D eigenvalue weighted by atomic mass is 9.98. The molecule has 0 aromatic heterocycles. The largest absolute Gasteiger partial charge is 0.481 e. The summed E-state index contributed by atoms with van der Waals surface area (Å²) in [5.41, 5.74) is 4.69. The molecule has 3 N–H and O–H groups in total. The lowest BCUT2D eigenvalue weighted by molar-refractivity contribution is -0.141. The topological polar surface area (TPSA) is 105 Å². The summed E-state index contributed by atoms with van der Waals surface area (Å²) in [5, 5.41) is 14.3. The number of carbonyl (C=O) groups excluding carboxylic acids is 2. The third-order valence-electron chi connectivity index (χ3n) is 5.48. The molecule has 170 valence electrons. The van der Waals surface area contributed by atoms with E-state index in [1.807, 2.05) is 24.3 Å². The summed E-state index contributed by atoms with van der Waals surface area (Å²) < 4.78 is 5.47. The number of nitrogens with one attached hydrogen (secondary N) is 2. The Morgan fingerprint density at radius 3 is 2.25 bits per heavy atom. The van der Waals surface area contributed by atoms with Crippen LogP contribution < -0.4 is 10.6 Å². The molecular weight excluding hydrogens is 428 g/mol. The van der Waals surface area contributed by atoms with E-state index in [0.717, 1.165) is 11.1 Å². The molecule has 2 amide bonds. The number of fused-ring (bicyclic) bond motifs is 3. The number of carboxylic acid groups (broad SMARTS) is 1. The van der Waals surface area contributed by atoms with Gasteiger partial charge in [0.15, 0.2) is 0 Å². The van der Waals surface area contributed by atoms with Gasteiger partial charge in [-0.15, -0.1) is 0 Å². The number of hydrogen-bond donors (Lipinski definition) is 3. The van der Waals surface area contributed by atoms with Crippen LogP contribution in [0, 0.1) is 5.92 Å². The van der Waals surface area contributed by atoms with E-state index in [2.05, 4.69) is 34.9 Å². The van der Waals surface area contributed by atoms with Crippen LogP contribution in [0.15, 0.2) is 48.5 Å². The number of thioether (sulfide) groups is 1. The Hall–Kier alpha value is -3.00. The first kappa shape index (κ1) is 23.7. The fourth-order valence-electron chi connectivity index (χ4n) is 3.73. The van der Waals surface area contributed by atoms with Crippen LogP contribution >= 0.6 is 11.8 Å². The molecule has 0 heterocycles. The zero-order chi connectivity index (χ0) is 22.9. The van der Waals surface area contributed by atoms with Crippen molar-refractivity contribution in [1.29, 1.82) is 0 Å². The highest BCUT2D eigenvalue weighted by atomic mass is 32.2. The Bertz CT molecular complexity index is 919. The SMILES string of the molecule is CCC(CNC(=O)CSCCNC(=O)OCC1c2ccccc2-c2ccccc21)C(=O)O. The average molecular weight is 457 g/mol. The Kier molecular flexibility index (Phi) is 8.56. The molecule has 1 unspecified atom stereocenters. The molecule has 0 aliphatic heterocycles. The van der Waals surface area contributed by atoms with Crippen molar-refractivity contribution in [2.24, 2.45) is 5.92 Å². The molecular formula is C24H28N2O5S. The van der Waals surface area contributed by atoms with E-state index in [1.165, 1.54) is 22.9 Å². The maximum atomic E-state index is 12.1. The molecule has 0 fully saturated rings. The van der Waals surface area contributed by atoms with Gasteiger partial charge in [-0.25, -0.2) is 4.79 Å². The van der Waals surface area contributed by atoms with E-state index in [0.29, 0.717) is 18.7 Å². The van der Waals surface area contributed by atoms with Crippen molar-refractivity contribution >= 4 is 29.7 Å². The summed E-state index contributed by atoms with van der Waals surface area (Å²) in [5.74, 6) is -0.914. The first-order chi connectivity index (χ1) is 15.5. The van der Waals surface area contributed by atoms with Crippen LogP contribution in [-0.4, -0.2) is 54.3 Å². The number of rotatable bonds is 11. The van der Waals surface area contributed by atoms with Gasteiger partial charge < -0.3 is 20.5 Å². The molecule has 0 saturated carbocycles. The maximum absolute atomic E-state index is 12.1. The van der Waals surface area contributed by atoms with Crippen molar-refractivity contribution in [3.05, 3.63) is 59.7 Å². The normalized spacial score (nSPS) is 13.0. The lowest BCUT2D eigenvalue weighted by Crippen LogP contribution is -2.34. The summed E-state index contributed by atoms with van der Waals surface area (Å²) in [6.45, 7) is 2.54. The number of carboxylic acids is 1. The third-order valence-corrected chi connectivity index (χ3v) is 6.44. The zero-order valence-electron chi connectivity index (χ0n) is 18.0. The highest BCUT2D eigenvalue weighted by Crippen LogP contribution is 2.44. The minimum atomic E-state index is -0.909. The van der Waals surface area contributed by atoms with Gasteiger partial charge in [-0.05, 0) is 28.7 Å². The molecule has 2 aromatic rings. The smallest absolute Gasteiger partial charge is 0.407 e. The Balaban J connectivity index is 1.35. The van der Waals surface area contributed by atoms with Gasteiger partial charge in [0.25, 0.3) is 0 Å². The van der Waals surface area contributed by atoms with Crippen LogP contribution in [0.5, 0.6) is 0 Å². The lowest BCUT2D eigenvalue weighted by Gasteiger charge is -2.14. The quantitative estimate of drug-likeness (QED) is 0.447. The fourth-order valence-corrected chi connectivity index (χ4v) is 4.41. The molecule has 2 aromatic carbocycles. The van der Waals surface area contributed by atoms with Crippen molar-refractivity contribution in [3.63, 3.8) is 0 Å². The van der Waals surface area contributed by atoms with Crippen molar-refractivity contribution in [2.45, 2.75) is 19.3 Å². The van der Waals surface area contributed by atoms with Gasteiger partial charge in [0.05, 0.1) is 11.7 Å². The Morgan fingerprint density at radius 1 is 1.03 bits per heavy atom. The molecule has 7 nitrogen and oxygen atoms in total. The number of aliphatic carboxylic acids is 1. The standard InChI is InChI=1S/C24H28N2O5S/c1-2-16(23(28)29)13-26-22(27)15-32-12-11-25-24(30)31-14-21-19-9-5-3-7-17(19)18-8-4-6-10-20(18)21/h3-10,16,21H,2,11-15H2,1H3,(H,25,30)(H,26,27)(H,28,29). The zero-order valence-corrected chi connectivity index (χ0v) is 18.8. The highest BCUT2D eigenvalue weighted by molar-refractivity contribution is 7.99. The second kappa shape index (κ2) is 11.6. The minimum absolute atomic E-state index is 0.0176. The van der Waals surface area contributed by atoms with Gasteiger partial charge in [-0.3, -0.25) is 9.59 Å². The summed E-state index contributed by atoms with van der Waals surface area (Å²) in [6, 6.07) is 16.3. The van der Waals surface area contributed by atoms with Gasteiger partial charge in [-0.2, -0.15) is 11.8 Å². The molecule has 1 atom stereocenters. The molecule has 32 heavy (non-hydrogen) atoms. The van der Waals surface area contributed by atoms with Crippen LogP contribution in [-0.2, 0) is 14.3 Å². The molecule has 0 spiro atoms. The number of alkyl carbamates (subject to hydrolysis) is 1. The predicted octanol–water partition coefficient (Wildman–Crippen LogP) is 3.49. The molecule has 8 heteroatoms. The van der Waals surface area contributed by atoms with Crippen LogP contribution in [0.3, 0.4) is 0 Å². The minimum Gasteiger partial charge on any atom is -0.481 e. The summed E-state index contributed by atoms with van der Waals surface area (Å²) in [4.78, 5) is 34.9. The van der Waals surface area contributed by atoms with E-state index in [1.54, 1.807) is 6.92 Å². The molecule has 0 radical (unpaired) electrons. The summed E-state index contributed by atoms with van der Waals surface area (Å²) in [7, 11) is 0. The van der Waals surface area contributed by atoms with Crippen LogP contribution in [0.2, 0.25) is 0 Å². The van der Waals surface area contributed by atoms with E-state index in [-0.39, 0.29) is 30.7 Å². The predicted molar refractivity (Wildman–Crippen MR) is 125 cm³/mol. The number of amides is 2. The Labute approximate surface area is 191 Å². The van der Waals surface area contributed by atoms with Gasteiger partial charge in [-0.1, -0.05) is 55.5 Å². The van der Waals surface area contributed by atoms with E-state index < -0.39 is 18.0 Å². The summed E-state index contributed by atoms with van der Waals surface area (Å²) >= 11 is 1.37. The monoisotopic (exact) mass is 456 g/mol. The molecule has 0 saturated heterocycles. The van der Waals surface area contributed by atoms with E-state index in [9.17, 15) is 14.4 Å². The number of hydrogen-bond acceptors (Lipinski definition) is 5. The van der Waals surface area contributed by atoms with Gasteiger partial charge >= 0.3 is 12.1 Å². The average Bonchev–Trinajstić information content (AvgIpc) is 3.11. The molecule has 1 aliphatic rings. The van der Waals surface area contributed by atoms with Crippen molar-refractivity contribution in [1.82, 2.24) is 10.6 Å². The first-order valence-corrected chi connectivity index (χ1v) is 11.8. The molecule has 1 aliphatic carbocycles. The second-order valence-corrected chi connectivity index (χ2v) is 8.66. The number of benzene rings is 2. The van der Waals surface area contributed by atoms with Crippen LogP contribution in [0.4, 0.5) is 4.79 Å². The van der Waals surface area contributed by atoms with Crippen molar-refractivity contribution < 1.29 is 24.2 Å². The maximum Gasteiger partial charge on any atom is 0.407 e. The van der Waals surface area contributed by atoms with Crippen molar-refractivity contribution in [3.8, 4) is 11.1 Å². The molecule has 0 bridgehead atoms. The van der Waals surface area contributed by atoms with Crippen LogP contribution in [0.25, 0.3) is 11.1 Å². The van der Waals surface area contributed by atoms with Crippen LogP contribution in [0.1, 0.15) is 30.4 Å². The van der Waals surface area contributed by atoms with Gasteiger partial charge in [0.2, 0.25) is 5.91 Å². The van der Waals surface area contributed by atoms with Gasteiger partial charge in [0.1, 0.15) is 6.61 Å². The summed E-state index contributed by atoms with van der Waals surface area (Å²) in [6.07, 6.45) is -0.0172. The fraction of sp³-hybridized carbons (Fsp3) is 0.375. The van der Waals surface area contributed by atoms with Crippen molar-refractivity contribution in [2.75, 3.05) is 31.2 Å².